The molecule has 11 rings (SSSR count). The van der Waals surface area contributed by atoms with Crippen molar-refractivity contribution < 1.29 is 38.1 Å². The lowest BCUT2D eigenvalue weighted by molar-refractivity contribution is -0.139. The zero-order valence-electron chi connectivity index (χ0n) is 46.2. The van der Waals surface area contributed by atoms with Crippen molar-refractivity contribution in [3.63, 3.8) is 0 Å². The summed E-state index contributed by atoms with van der Waals surface area (Å²) in [5.74, 6) is 2.36. The summed E-state index contributed by atoms with van der Waals surface area (Å²) in [6.45, 7) is 16.7. The van der Waals surface area contributed by atoms with Gasteiger partial charge in [0.1, 0.15) is 35.1 Å². The molecule has 2 bridgehead atoms. The third-order valence-electron chi connectivity index (χ3n) is 15.0. The lowest BCUT2D eigenvalue weighted by Gasteiger charge is -2.34. The number of phenols is 1. The van der Waals surface area contributed by atoms with Gasteiger partial charge < -0.3 is 45.2 Å². The Balaban J connectivity index is 0.000000161. The van der Waals surface area contributed by atoms with Crippen LogP contribution in [0, 0.1) is 36.8 Å². The van der Waals surface area contributed by atoms with E-state index in [0.717, 1.165) is 75.3 Å². The molecule has 0 radical (unpaired) electrons. The lowest BCUT2D eigenvalue weighted by Crippen LogP contribution is -2.51. The fourth-order valence-corrected chi connectivity index (χ4v) is 11.9. The van der Waals surface area contributed by atoms with Crippen LogP contribution in [0.2, 0.25) is 0 Å². The van der Waals surface area contributed by atoms with Gasteiger partial charge in [0.2, 0.25) is 18.2 Å². The van der Waals surface area contributed by atoms with E-state index in [9.17, 15) is 29.0 Å². The maximum Gasteiger partial charge on any atom is 0.318 e. The van der Waals surface area contributed by atoms with E-state index in [1.54, 1.807) is 21.1 Å². The summed E-state index contributed by atoms with van der Waals surface area (Å²) in [7, 11) is 1.43. The number of terminal acetylenes is 1. The fraction of sp³-hybridized carbons (Fsp3) is 0.483. The van der Waals surface area contributed by atoms with Gasteiger partial charge in [0, 0.05) is 67.9 Å². The van der Waals surface area contributed by atoms with Gasteiger partial charge in [-0.1, -0.05) is 57.0 Å². The number of likely N-dealkylation sites (tertiary alicyclic amines) is 3. The molecule has 16 nitrogen and oxygen atoms in total. The Morgan fingerprint density at radius 2 is 1.71 bits per heavy atom. The molecule has 5 aliphatic heterocycles. The van der Waals surface area contributed by atoms with Crippen LogP contribution in [0.15, 0.2) is 60.2 Å². The number of nitrogens with one attached hydrogen (secondary N) is 2. The number of nitrogens with zero attached hydrogens (tertiary/aromatic N) is 8. The summed E-state index contributed by atoms with van der Waals surface area (Å²) in [5.41, 5.74) is 5.25. The highest BCUT2D eigenvalue weighted by molar-refractivity contribution is 7.13. The predicted octanol–water partition coefficient (Wildman–Crippen LogP) is 8.79. The first-order chi connectivity index (χ1) is 38.0. The molecule has 420 valence electrons. The Morgan fingerprint density at radius 1 is 0.987 bits per heavy atom. The standard InChI is InChI=1S/C26H21F2N5O2.C17H29N3O3.C13H14N2OS.C4H10/c1-3-17-20(27)7-4-13-8-16(34)9-18(21(13)17)23-22(28)24-19(10-29-23)25(32-26(31-24)35-2)33-11-14-5-6-15(12-33)30-14;21-15-7-11-19(12-15)17(23)13-20-14(5-6-16(20)22)4-3-10-18-8-1-2-9-18;1-9(14-7-16)11-3-5-12(6-4-11)13-10(2)15-8-17-13;1-4(2)3/h1,4,7-10,14-15,30,34H,5-6,11-12H2,2H3;14-15,21H,1-13H2;3-9H,1-2H3,(H,14,16);4H,1-3H3/t;14-,15?;;/m.0../s1. The van der Waals surface area contributed by atoms with Gasteiger partial charge in [-0.2, -0.15) is 9.97 Å². The van der Waals surface area contributed by atoms with Crippen molar-refractivity contribution in [3.8, 4) is 45.8 Å². The number of hydrogen-bond donors (Lipinski definition) is 4. The zero-order valence-corrected chi connectivity index (χ0v) is 47.0. The number of halogens is 2. The molecule has 0 saturated carbocycles. The van der Waals surface area contributed by atoms with Crippen LogP contribution in [0.3, 0.4) is 0 Å². The molecular weight excluding hydrogens is 1030 g/mol. The predicted molar refractivity (Wildman–Crippen MR) is 306 cm³/mol. The number of fused-ring (bicyclic) bond motifs is 4. The van der Waals surface area contributed by atoms with Crippen molar-refractivity contribution >= 4 is 57.1 Å². The smallest absolute Gasteiger partial charge is 0.318 e. The molecule has 3 amide bonds. The van der Waals surface area contributed by atoms with Crippen molar-refractivity contribution in [1.29, 1.82) is 0 Å². The van der Waals surface area contributed by atoms with Gasteiger partial charge in [-0.15, -0.1) is 17.8 Å². The topological polar surface area (TPSA) is 189 Å². The molecule has 0 spiro atoms. The van der Waals surface area contributed by atoms with E-state index in [-0.39, 0.29) is 69.9 Å². The van der Waals surface area contributed by atoms with E-state index >= 15 is 4.39 Å². The quantitative estimate of drug-likeness (QED) is 0.0635. The Labute approximate surface area is 466 Å². The minimum Gasteiger partial charge on any atom is -0.508 e. The van der Waals surface area contributed by atoms with Crippen molar-refractivity contribution in [1.82, 2.24) is 45.3 Å². The molecule has 19 heteroatoms. The van der Waals surface area contributed by atoms with Gasteiger partial charge in [-0.25, -0.2) is 13.8 Å². The molecule has 4 N–H and O–H groups in total. The van der Waals surface area contributed by atoms with Crippen molar-refractivity contribution in [2.24, 2.45) is 5.92 Å². The molecule has 5 aliphatic rings. The highest BCUT2D eigenvalue weighted by Crippen LogP contribution is 2.39. The van der Waals surface area contributed by atoms with Gasteiger partial charge in [-0.05, 0) is 125 Å². The van der Waals surface area contributed by atoms with E-state index in [0.29, 0.717) is 54.6 Å². The van der Waals surface area contributed by atoms with E-state index in [1.165, 1.54) is 73.9 Å². The number of aryl methyl sites for hydroxylation is 1. The molecule has 5 atom stereocenters. The summed E-state index contributed by atoms with van der Waals surface area (Å²) in [4.78, 5) is 61.6. The number of carbonyl (C=O) groups excluding carboxylic acids is 3. The molecule has 5 saturated heterocycles. The number of aliphatic hydroxyl groups excluding tert-OH is 1. The third kappa shape index (κ3) is 14.3. The summed E-state index contributed by atoms with van der Waals surface area (Å²) < 4.78 is 35.9. The second-order valence-electron chi connectivity index (χ2n) is 21.7. The SMILES string of the molecule is C#Cc1c(F)ccc2cc(O)cc(-c3ncc4c(N5CC6CCC(C5)N6)nc(OC)nc4c3F)c12.CC(C)C.Cc1ncsc1-c1ccc(C(C)NC=O)cc1.O=C(CN1C(=O)CC[C@@H]1CCCN1CCCC1)N1CCC(O)C1. The van der Waals surface area contributed by atoms with Gasteiger partial charge in [0.25, 0.3) is 0 Å². The first-order valence-electron chi connectivity index (χ1n) is 27.6. The Morgan fingerprint density at radius 3 is 2.34 bits per heavy atom. The van der Waals surface area contributed by atoms with Crippen molar-refractivity contribution in [2.75, 3.05) is 64.4 Å². The number of aromatic nitrogens is 4. The summed E-state index contributed by atoms with van der Waals surface area (Å²) >= 11 is 1.64. The Kier molecular flexibility index (Phi) is 19.8. The number of anilines is 1. The normalized spacial score (nSPS) is 20.1. The summed E-state index contributed by atoms with van der Waals surface area (Å²) in [6.07, 6.45) is 16.4. The monoisotopic (exact) mass is 1100 g/mol. The maximum atomic E-state index is 16.1. The van der Waals surface area contributed by atoms with Crippen LogP contribution in [-0.2, 0) is 14.4 Å². The molecule has 3 aromatic heterocycles. The number of aliphatic hydroxyl groups is 1. The molecular formula is C60H74F2N10O6S. The summed E-state index contributed by atoms with van der Waals surface area (Å²) in [5, 5.41) is 27.4. The second kappa shape index (κ2) is 26.9. The van der Waals surface area contributed by atoms with Crippen LogP contribution in [0.1, 0.15) is 108 Å². The van der Waals surface area contributed by atoms with E-state index in [4.69, 9.17) is 11.2 Å². The molecule has 5 fully saturated rings. The number of benzene rings is 3. The number of β-amino-alcohol motifs (C(OH)–C–C–N with tert-alkyl or cyclic N) is 1. The number of thiazole rings is 1. The molecule has 0 aliphatic carbocycles. The first kappa shape index (κ1) is 58.3. The largest absolute Gasteiger partial charge is 0.508 e. The lowest BCUT2D eigenvalue weighted by atomic mass is 9.96. The number of hydrogen-bond acceptors (Lipinski definition) is 14. The van der Waals surface area contributed by atoms with E-state index in [1.807, 2.05) is 31.5 Å². The Hall–Kier alpha value is -6.85. The van der Waals surface area contributed by atoms with E-state index < -0.39 is 17.7 Å². The van der Waals surface area contributed by atoms with Crippen molar-refractivity contribution in [2.45, 2.75) is 123 Å². The van der Waals surface area contributed by atoms with Crippen LogP contribution in [-0.4, -0.2) is 147 Å². The number of piperazine rings is 1. The maximum absolute atomic E-state index is 16.1. The number of aromatic hydroxyl groups is 1. The second-order valence-corrected chi connectivity index (χ2v) is 22.6. The van der Waals surface area contributed by atoms with Gasteiger partial charge in [0.05, 0.1) is 46.3 Å². The average molecular weight is 1100 g/mol. The van der Waals surface area contributed by atoms with Crippen molar-refractivity contribution in [3.05, 3.63) is 88.7 Å². The third-order valence-corrected chi connectivity index (χ3v) is 16.0. The molecule has 79 heavy (non-hydrogen) atoms. The van der Waals surface area contributed by atoms with E-state index in [2.05, 4.69) is 79.2 Å². The number of methoxy groups -OCH3 is 1. The first-order valence-corrected chi connectivity index (χ1v) is 28.4. The van der Waals surface area contributed by atoms with Crippen LogP contribution in [0.4, 0.5) is 14.6 Å². The zero-order chi connectivity index (χ0) is 56.3. The number of pyridine rings is 1. The molecule has 3 aromatic carbocycles. The van der Waals surface area contributed by atoms with Crippen LogP contribution in [0.25, 0.3) is 43.4 Å². The number of ether oxygens (including phenoxy) is 1. The highest BCUT2D eigenvalue weighted by Gasteiger charge is 2.36. The molecule has 4 unspecified atom stereocenters. The number of amides is 3. The van der Waals surface area contributed by atoms with Gasteiger partial charge in [0.15, 0.2) is 5.82 Å². The van der Waals surface area contributed by atoms with Crippen LogP contribution < -0.4 is 20.3 Å². The van der Waals surface area contributed by atoms with Crippen LogP contribution in [0.5, 0.6) is 11.8 Å². The number of rotatable bonds is 13. The Bertz CT molecular complexity index is 3110. The number of phenolic OH excluding ortho intramolecular Hbond substituents is 1. The average Bonchev–Trinajstić information content (AvgIpc) is 4.50. The van der Waals surface area contributed by atoms with Gasteiger partial charge >= 0.3 is 6.01 Å². The highest BCUT2D eigenvalue weighted by atomic mass is 32.1. The van der Waals surface area contributed by atoms with Crippen LogP contribution >= 0.6 is 11.3 Å². The molecule has 8 heterocycles. The fourth-order valence-electron chi connectivity index (χ4n) is 11.0. The molecule has 6 aromatic rings. The number of carbonyl (C=O) groups is 3. The summed E-state index contributed by atoms with van der Waals surface area (Å²) in [6, 6.07) is 14.7. The minimum absolute atomic E-state index is 0.0126. The minimum atomic E-state index is -0.735. The van der Waals surface area contributed by atoms with Gasteiger partial charge in [-0.3, -0.25) is 19.4 Å².